The fourth-order valence-corrected chi connectivity index (χ4v) is 2.93. The molecule has 1 aromatic rings. The van der Waals surface area contributed by atoms with E-state index in [0.29, 0.717) is 19.0 Å². The van der Waals surface area contributed by atoms with E-state index in [9.17, 15) is 13.6 Å². The summed E-state index contributed by atoms with van der Waals surface area (Å²) in [6.45, 7) is 5.51. The van der Waals surface area contributed by atoms with Crippen LogP contribution in [-0.2, 0) is 11.3 Å². The highest BCUT2D eigenvalue weighted by Gasteiger charge is 2.24. The number of hydrogen-bond acceptors (Lipinski definition) is 4. The number of alkyl halides is 2. The van der Waals surface area contributed by atoms with Crippen LogP contribution in [0, 0.1) is 5.92 Å². The number of rotatable bonds is 8. The molecule has 1 fully saturated rings. The van der Waals surface area contributed by atoms with Gasteiger partial charge in [-0.3, -0.25) is 4.90 Å². The average molecular weight is 371 g/mol. The van der Waals surface area contributed by atoms with Crippen LogP contribution in [0.3, 0.4) is 0 Å². The van der Waals surface area contributed by atoms with Gasteiger partial charge in [-0.1, -0.05) is 26.0 Å². The second-order valence-corrected chi connectivity index (χ2v) is 6.55. The third kappa shape index (κ3) is 6.76. The summed E-state index contributed by atoms with van der Waals surface area (Å²) in [4.78, 5) is 14.4. The Morgan fingerprint density at radius 2 is 1.85 bits per heavy atom. The zero-order valence-corrected chi connectivity index (χ0v) is 15.2. The summed E-state index contributed by atoms with van der Waals surface area (Å²) in [6.07, 6.45) is 0. The quantitative estimate of drug-likeness (QED) is 0.737. The Morgan fingerprint density at radius 1 is 1.19 bits per heavy atom. The maximum atomic E-state index is 12.1. The molecule has 0 aliphatic carbocycles. The summed E-state index contributed by atoms with van der Waals surface area (Å²) in [5.74, 6) is 0.509. The van der Waals surface area contributed by atoms with Crippen LogP contribution in [0.5, 0.6) is 5.75 Å². The molecule has 1 unspecified atom stereocenters. The molecular formula is C18H27F2N3O3. The Morgan fingerprint density at radius 3 is 2.42 bits per heavy atom. The van der Waals surface area contributed by atoms with Crippen LogP contribution in [0.25, 0.3) is 0 Å². The predicted octanol–water partition coefficient (Wildman–Crippen LogP) is 2.44. The fourth-order valence-electron chi connectivity index (χ4n) is 2.93. The summed E-state index contributed by atoms with van der Waals surface area (Å²) >= 11 is 0. The second kappa shape index (κ2) is 10.3. The summed E-state index contributed by atoms with van der Waals surface area (Å²) in [6, 6.07) is 6.20. The van der Waals surface area contributed by atoms with E-state index < -0.39 is 6.61 Å². The zero-order chi connectivity index (χ0) is 18.9. The van der Waals surface area contributed by atoms with Crippen LogP contribution in [0.4, 0.5) is 13.6 Å². The van der Waals surface area contributed by atoms with Crippen molar-refractivity contribution in [2.24, 2.45) is 5.92 Å². The van der Waals surface area contributed by atoms with Crippen LogP contribution < -0.4 is 15.4 Å². The molecule has 1 aromatic carbocycles. The molecule has 1 aliphatic heterocycles. The van der Waals surface area contributed by atoms with Gasteiger partial charge in [0, 0.05) is 32.2 Å². The first-order valence-electron chi connectivity index (χ1n) is 8.83. The normalized spacial score (nSPS) is 16.5. The summed E-state index contributed by atoms with van der Waals surface area (Å²) in [5, 5.41) is 5.69. The van der Waals surface area contributed by atoms with Crippen LogP contribution >= 0.6 is 0 Å². The van der Waals surface area contributed by atoms with E-state index in [1.54, 1.807) is 12.1 Å². The average Bonchev–Trinajstić information content (AvgIpc) is 2.61. The lowest BCUT2D eigenvalue weighted by molar-refractivity contribution is -0.0498. The topological polar surface area (TPSA) is 62.8 Å². The predicted molar refractivity (Wildman–Crippen MR) is 94.3 cm³/mol. The molecule has 146 valence electrons. The van der Waals surface area contributed by atoms with Crippen LogP contribution in [0.15, 0.2) is 24.3 Å². The van der Waals surface area contributed by atoms with Gasteiger partial charge in [-0.05, 0) is 23.6 Å². The van der Waals surface area contributed by atoms with Crippen molar-refractivity contribution < 1.29 is 23.0 Å². The highest BCUT2D eigenvalue weighted by Crippen LogP contribution is 2.15. The molecular weight excluding hydrogens is 344 g/mol. The minimum absolute atomic E-state index is 0.0958. The number of carbonyl (C=O) groups excluding carboxylic acids is 1. The van der Waals surface area contributed by atoms with Crippen LogP contribution in [0.2, 0.25) is 0 Å². The molecule has 1 heterocycles. The molecule has 0 saturated carbocycles. The SMILES string of the molecule is CC(C)C(CNC(=O)NCc1ccc(OC(F)F)cc1)N1CCOCC1. The largest absolute Gasteiger partial charge is 0.435 e. The van der Waals surface area contributed by atoms with E-state index in [2.05, 4.69) is 34.1 Å². The molecule has 0 bridgehead atoms. The minimum atomic E-state index is -2.84. The molecule has 2 amide bonds. The van der Waals surface area contributed by atoms with Gasteiger partial charge in [0.15, 0.2) is 0 Å². The Hall–Kier alpha value is -1.93. The monoisotopic (exact) mass is 371 g/mol. The number of nitrogens with zero attached hydrogens (tertiary/aromatic N) is 1. The van der Waals surface area contributed by atoms with Crippen molar-refractivity contribution in [2.75, 3.05) is 32.8 Å². The number of halogens is 2. The highest BCUT2D eigenvalue weighted by molar-refractivity contribution is 5.73. The Labute approximate surface area is 152 Å². The first kappa shape index (κ1) is 20.4. The second-order valence-electron chi connectivity index (χ2n) is 6.55. The summed E-state index contributed by atoms with van der Waals surface area (Å²) in [7, 11) is 0. The van der Waals surface area contributed by atoms with E-state index in [-0.39, 0.29) is 17.8 Å². The first-order chi connectivity index (χ1) is 12.5. The molecule has 0 radical (unpaired) electrons. The van der Waals surface area contributed by atoms with Gasteiger partial charge >= 0.3 is 12.6 Å². The summed E-state index contributed by atoms with van der Waals surface area (Å²) < 4.78 is 33.9. The Kier molecular flexibility index (Phi) is 8.06. The number of nitrogens with one attached hydrogen (secondary N) is 2. The van der Waals surface area contributed by atoms with Gasteiger partial charge in [-0.2, -0.15) is 8.78 Å². The molecule has 6 nitrogen and oxygen atoms in total. The molecule has 2 rings (SSSR count). The number of ether oxygens (including phenoxy) is 2. The molecule has 0 spiro atoms. The van der Waals surface area contributed by atoms with E-state index in [4.69, 9.17) is 4.74 Å². The van der Waals surface area contributed by atoms with E-state index in [1.807, 2.05) is 0 Å². The van der Waals surface area contributed by atoms with Gasteiger partial charge in [-0.15, -0.1) is 0 Å². The smallest absolute Gasteiger partial charge is 0.387 e. The number of urea groups is 1. The van der Waals surface area contributed by atoms with E-state index in [1.165, 1.54) is 12.1 Å². The molecule has 1 aliphatic rings. The molecule has 8 heteroatoms. The lowest BCUT2D eigenvalue weighted by Crippen LogP contribution is -2.52. The number of carbonyl (C=O) groups is 1. The maximum absolute atomic E-state index is 12.1. The molecule has 0 aromatic heterocycles. The lowest BCUT2D eigenvalue weighted by Gasteiger charge is -2.36. The Balaban J connectivity index is 1.75. The van der Waals surface area contributed by atoms with Crippen molar-refractivity contribution >= 4 is 6.03 Å². The van der Waals surface area contributed by atoms with Crippen molar-refractivity contribution in [3.8, 4) is 5.75 Å². The van der Waals surface area contributed by atoms with Crippen molar-refractivity contribution in [2.45, 2.75) is 33.0 Å². The van der Waals surface area contributed by atoms with Gasteiger partial charge in [0.2, 0.25) is 0 Å². The minimum Gasteiger partial charge on any atom is -0.435 e. The number of amides is 2. The number of benzene rings is 1. The highest BCUT2D eigenvalue weighted by atomic mass is 19.3. The van der Waals surface area contributed by atoms with Crippen LogP contribution in [-0.4, -0.2) is 56.4 Å². The Bertz CT molecular complexity index is 549. The van der Waals surface area contributed by atoms with Crippen LogP contribution in [0.1, 0.15) is 19.4 Å². The number of hydrogen-bond donors (Lipinski definition) is 2. The van der Waals surface area contributed by atoms with Crippen molar-refractivity contribution in [3.05, 3.63) is 29.8 Å². The summed E-state index contributed by atoms with van der Waals surface area (Å²) in [5.41, 5.74) is 0.801. The fraction of sp³-hybridized carbons (Fsp3) is 0.611. The molecule has 1 saturated heterocycles. The van der Waals surface area contributed by atoms with Gasteiger partial charge in [0.05, 0.1) is 13.2 Å². The van der Waals surface area contributed by atoms with Crippen molar-refractivity contribution in [1.29, 1.82) is 0 Å². The number of morpholine rings is 1. The lowest BCUT2D eigenvalue weighted by atomic mass is 10.0. The zero-order valence-electron chi connectivity index (χ0n) is 15.2. The van der Waals surface area contributed by atoms with Gasteiger partial charge in [0.25, 0.3) is 0 Å². The van der Waals surface area contributed by atoms with Crippen molar-refractivity contribution in [3.63, 3.8) is 0 Å². The third-order valence-electron chi connectivity index (χ3n) is 4.36. The molecule has 1 atom stereocenters. The standard InChI is InChI=1S/C18H27F2N3O3/c1-13(2)16(23-7-9-25-10-8-23)12-22-18(24)21-11-14-3-5-15(6-4-14)26-17(19)20/h3-6,13,16-17H,7-12H2,1-2H3,(H2,21,22,24). The van der Waals surface area contributed by atoms with Gasteiger partial charge in [0.1, 0.15) is 5.75 Å². The molecule has 26 heavy (non-hydrogen) atoms. The van der Waals surface area contributed by atoms with E-state index >= 15 is 0 Å². The molecule has 2 N–H and O–H groups in total. The van der Waals surface area contributed by atoms with Gasteiger partial charge in [-0.25, -0.2) is 4.79 Å². The van der Waals surface area contributed by atoms with Crippen molar-refractivity contribution in [1.82, 2.24) is 15.5 Å². The maximum Gasteiger partial charge on any atom is 0.387 e. The first-order valence-corrected chi connectivity index (χ1v) is 8.83. The third-order valence-corrected chi connectivity index (χ3v) is 4.36. The van der Waals surface area contributed by atoms with Gasteiger partial charge < -0.3 is 20.1 Å². The van der Waals surface area contributed by atoms with E-state index in [0.717, 1.165) is 31.9 Å².